The number of nitrogens with zero attached hydrogens (tertiary/aromatic N) is 6. The van der Waals surface area contributed by atoms with E-state index in [9.17, 15) is 27.9 Å². The number of alkyl halides is 3. The lowest BCUT2D eigenvalue weighted by Gasteiger charge is -2.15. The first-order chi connectivity index (χ1) is 18.5. The molecule has 0 saturated heterocycles. The highest BCUT2D eigenvalue weighted by atomic mass is 35.5. The second-order valence-electron chi connectivity index (χ2n) is 8.90. The molecule has 2 heterocycles. The van der Waals surface area contributed by atoms with Crippen molar-refractivity contribution >= 4 is 29.1 Å². The number of halogens is 5. The highest BCUT2D eigenvalue weighted by Crippen LogP contribution is 2.25. The lowest BCUT2D eigenvalue weighted by atomic mass is 10.2. The quantitative estimate of drug-likeness (QED) is 0.329. The first-order valence-electron chi connectivity index (χ1n) is 11.7. The van der Waals surface area contributed by atoms with E-state index in [0.717, 1.165) is 17.5 Å². The Hall–Kier alpha value is -3.68. The van der Waals surface area contributed by atoms with Gasteiger partial charge in [-0.15, -0.1) is 10.2 Å². The van der Waals surface area contributed by atoms with E-state index in [-0.39, 0.29) is 30.1 Å². The molecular weight excluding hydrogens is 562 g/mol. The van der Waals surface area contributed by atoms with Crippen molar-refractivity contribution in [1.82, 2.24) is 34.4 Å². The van der Waals surface area contributed by atoms with E-state index in [4.69, 9.17) is 23.2 Å². The zero-order chi connectivity index (χ0) is 27.9. The Labute approximate surface area is 228 Å². The summed E-state index contributed by atoms with van der Waals surface area (Å²) in [5.41, 5.74) is -0.281. The van der Waals surface area contributed by atoms with E-state index in [0.29, 0.717) is 25.9 Å². The molecule has 1 saturated carbocycles. The number of hydrogen-bond donors (Lipinski definition) is 2. The van der Waals surface area contributed by atoms with Crippen LogP contribution in [0.3, 0.4) is 0 Å². The van der Waals surface area contributed by atoms with E-state index in [1.807, 2.05) is 0 Å². The number of aliphatic hydroxyl groups excluding tert-OH is 1. The molecule has 1 aliphatic rings. The van der Waals surface area contributed by atoms with Gasteiger partial charge in [-0.25, -0.2) is 19.1 Å². The fraction of sp³-hybridized carbons (Fsp3) is 0.292. The number of benzene rings is 2. The van der Waals surface area contributed by atoms with Gasteiger partial charge in [0.1, 0.15) is 6.54 Å². The summed E-state index contributed by atoms with van der Waals surface area (Å²) >= 11 is 12.2. The molecule has 2 N–H and O–H groups in total. The van der Waals surface area contributed by atoms with Crippen molar-refractivity contribution in [2.45, 2.75) is 44.3 Å². The highest BCUT2D eigenvalue weighted by molar-refractivity contribution is 6.32. The van der Waals surface area contributed by atoms with E-state index >= 15 is 0 Å². The van der Waals surface area contributed by atoms with Crippen LogP contribution in [0.4, 0.5) is 13.2 Å². The minimum Gasteiger partial charge on any atom is -0.382 e. The molecule has 204 valence electrons. The molecular formula is C24H20Cl2F3N7O3. The lowest BCUT2D eigenvalue weighted by molar-refractivity contribution is -0.207. The van der Waals surface area contributed by atoms with Crippen LogP contribution >= 0.6 is 23.2 Å². The van der Waals surface area contributed by atoms with Gasteiger partial charge in [0.05, 0.1) is 17.3 Å². The summed E-state index contributed by atoms with van der Waals surface area (Å²) in [5, 5.41) is 21.7. The van der Waals surface area contributed by atoms with Gasteiger partial charge in [-0.1, -0.05) is 35.3 Å². The van der Waals surface area contributed by atoms with Gasteiger partial charge in [0, 0.05) is 16.6 Å². The normalized spacial score (nSPS) is 14.4. The molecule has 5 rings (SSSR count). The molecule has 2 aromatic carbocycles. The van der Waals surface area contributed by atoms with Crippen LogP contribution in [0.25, 0.3) is 17.1 Å². The number of aromatic nitrogens is 6. The smallest absolute Gasteiger partial charge is 0.382 e. The molecule has 39 heavy (non-hydrogen) atoms. The fourth-order valence-electron chi connectivity index (χ4n) is 3.77. The highest BCUT2D eigenvalue weighted by Gasteiger charge is 2.39. The molecule has 4 aromatic rings. The molecule has 1 fully saturated rings. The monoisotopic (exact) mass is 581 g/mol. The summed E-state index contributed by atoms with van der Waals surface area (Å²) in [5.74, 6) is -0.717. The molecule has 0 spiro atoms. The van der Waals surface area contributed by atoms with Gasteiger partial charge in [-0.05, 0) is 49.2 Å². The number of rotatable bonds is 8. The van der Waals surface area contributed by atoms with Crippen molar-refractivity contribution in [2.75, 3.05) is 0 Å². The Morgan fingerprint density at radius 1 is 1.10 bits per heavy atom. The Morgan fingerprint density at radius 2 is 1.79 bits per heavy atom. The second kappa shape index (κ2) is 10.5. The SMILES string of the molecule is O=C(NC1CC1)c1nc(Cn2nc(-c3ccc(Cl)cc3)n(CC(O)C(F)(F)F)c2=O)nn1-c1ccccc1Cl. The van der Waals surface area contributed by atoms with Crippen molar-refractivity contribution in [3.63, 3.8) is 0 Å². The third-order valence-corrected chi connectivity index (χ3v) is 6.47. The van der Waals surface area contributed by atoms with Gasteiger partial charge in [0.2, 0.25) is 5.82 Å². The maximum Gasteiger partial charge on any atom is 0.416 e. The molecule has 1 amide bonds. The van der Waals surface area contributed by atoms with Gasteiger partial charge < -0.3 is 10.4 Å². The number of amides is 1. The fourth-order valence-corrected chi connectivity index (χ4v) is 4.11. The number of para-hydroxylation sites is 1. The second-order valence-corrected chi connectivity index (χ2v) is 9.74. The molecule has 1 atom stereocenters. The van der Waals surface area contributed by atoms with E-state index in [1.54, 1.807) is 24.3 Å². The standard InChI is InChI=1S/C24H20Cl2F3N7O3/c25-14-7-5-13(6-8-14)20-33-35(23(39)34(20)11-18(37)24(27,28)29)12-19-31-21(22(38)30-15-9-10-15)36(32-19)17-4-2-1-3-16(17)26/h1-8,15,18,37H,9-12H2,(H,30,38). The molecule has 0 aliphatic heterocycles. The van der Waals surface area contributed by atoms with Crippen LogP contribution < -0.4 is 11.0 Å². The zero-order valence-electron chi connectivity index (χ0n) is 19.9. The molecule has 1 unspecified atom stereocenters. The van der Waals surface area contributed by atoms with Gasteiger partial charge in [0.25, 0.3) is 5.91 Å². The Balaban J connectivity index is 1.55. The van der Waals surface area contributed by atoms with Crippen LogP contribution in [-0.4, -0.2) is 58.4 Å². The minimum absolute atomic E-state index is 0.0124. The average molecular weight is 582 g/mol. The Kier molecular flexibility index (Phi) is 7.23. The lowest BCUT2D eigenvalue weighted by Crippen LogP contribution is -2.37. The van der Waals surface area contributed by atoms with Gasteiger partial charge in [-0.3, -0.25) is 9.36 Å². The third kappa shape index (κ3) is 5.84. The number of hydrogen-bond acceptors (Lipinski definition) is 6. The number of carbonyl (C=O) groups is 1. The number of nitrogens with one attached hydrogen (secondary N) is 1. The van der Waals surface area contributed by atoms with Crippen molar-refractivity contribution in [1.29, 1.82) is 0 Å². The Morgan fingerprint density at radius 3 is 2.44 bits per heavy atom. The molecule has 10 nitrogen and oxygen atoms in total. The van der Waals surface area contributed by atoms with Crippen LogP contribution in [0.2, 0.25) is 10.0 Å². The van der Waals surface area contributed by atoms with Crippen molar-refractivity contribution < 1.29 is 23.1 Å². The number of aliphatic hydroxyl groups is 1. The van der Waals surface area contributed by atoms with Crippen molar-refractivity contribution in [3.05, 3.63) is 80.7 Å². The van der Waals surface area contributed by atoms with Crippen molar-refractivity contribution in [2.24, 2.45) is 0 Å². The average Bonchev–Trinajstić information content (AvgIpc) is 3.52. The number of carbonyl (C=O) groups excluding carboxylic acids is 1. The molecule has 2 aromatic heterocycles. The summed E-state index contributed by atoms with van der Waals surface area (Å²) in [6, 6.07) is 12.6. The first kappa shape index (κ1) is 26.9. The van der Waals surface area contributed by atoms with Crippen LogP contribution in [0.5, 0.6) is 0 Å². The van der Waals surface area contributed by atoms with Crippen LogP contribution in [0, 0.1) is 0 Å². The first-order valence-corrected chi connectivity index (χ1v) is 12.5. The maximum atomic E-state index is 13.2. The van der Waals surface area contributed by atoms with Crippen LogP contribution in [0.15, 0.2) is 53.3 Å². The molecule has 1 aliphatic carbocycles. The summed E-state index contributed by atoms with van der Waals surface area (Å²) in [7, 11) is 0. The minimum atomic E-state index is -4.96. The predicted molar refractivity (Wildman–Crippen MR) is 135 cm³/mol. The zero-order valence-corrected chi connectivity index (χ0v) is 21.5. The van der Waals surface area contributed by atoms with E-state index in [2.05, 4.69) is 20.5 Å². The molecule has 0 bridgehead atoms. The summed E-state index contributed by atoms with van der Waals surface area (Å²) < 4.78 is 42.2. The van der Waals surface area contributed by atoms with Crippen LogP contribution in [0.1, 0.15) is 29.3 Å². The van der Waals surface area contributed by atoms with Crippen molar-refractivity contribution in [3.8, 4) is 17.1 Å². The Bertz CT molecular complexity index is 1580. The maximum absolute atomic E-state index is 13.2. The third-order valence-electron chi connectivity index (χ3n) is 5.90. The van der Waals surface area contributed by atoms with Crippen LogP contribution in [-0.2, 0) is 13.1 Å². The van der Waals surface area contributed by atoms with E-state index < -0.39 is 30.4 Å². The largest absolute Gasteiger partial charge is 0.416 e. The topological polar surface area (TPSA) is 120 Å². The van der Waals surface area contributed by atoms with Gasteiger partial charge >= 0.3 is 11.9 Å². The summed E-state index contributed by atoms with van der Waals surface area (Å²) in [4.78, 5) is 30.4. The molecule has 0 radical (unpaired) electrons. The van der Waals surface area contributed by atoms with Gasteiger partial charge in [-0.2, -0.15) is 13.2 Å². The predicted octanol–water partition coefficient (Wildman–Crippen LogP) is 3.46. The molecule has 15 heteroatoms. The summed E-state index contributed by atoms with van der Waals surface area (Å²) in [6.45, 7) is -1.47. The van der Waals surface area contributed by atoms with E-state index in [1.165, 1.54) is 28.9 Å². The van der Waals surface area contributed by atoms with Gasteiger partial charge in [0.15, 0.2) is 17.8 Å². The summed E-state index contributed by atoms with van der Waals surface area (Å²) in [6.07, 6.45) is -6.10.